The van der Waals surface area contributed by atoms with Crippen molar-refractivity contribution in [3.8, 4) is 0 Å². The van der Waals surface area contributed by atoms with E-state index in [9.17, 15) is 9.90 Å². The van der Waals surface area contributed by atoms with Gasteiger partial charge in [-0.15, -0.1) is 0 Å². The highest BCUT2D eigenvalue weighted by atomic mass is 16.5. The molecule has 120 valence electrons. The molecule has 0 saturated heterocycles. The molecule has 3 heteroatoms. The Hall–Kier alpha value is -0.570. The first-order chi connectivity index (χ1) is 9.60. The first-order valence-corrected chi connectivity index (χ1v) is 8.49. The van der Waals surface area contributed by atoms with E-state index in [1.807, 2.05) is 20.8 Å². The molecule has 4 atom stereocenters. The monoisotopic (exact) mass is 294 g/mol. The van der Waals surface area contributed by atoms with Gasteiger partial charge in [0.2, 0.25) is 0 Å². The molecule has 3 nitrogen and oxygen atoms in total. The van der Waals surface area contributed by atoms with E-state index in [4.69, 9.17) is 4.74 Å². The second kappa shape index (κ2) is 4.47. The molecular formula is C18H30O3. The van der Waals surface area contributed by atoms with Crippen molar-refractivity contribution in [3.63, 3.8) is 0 Å². The van der Waals surface area contributed by atoms with Gasteiger partial charge in [0.1, 0.15) is 0 Å². The summed E-state index contributed by atoms with van der Waals surface area (Å²) in [6, 6.07) is 0. The van der Waals surface area contributed by atoms with Gasteiger partial charge < -0.3 is 9.84 Å². The van der Waals surface area contributed by atoms with E-state index in [-0.39, 0.29) is 16.8 Å². The zero-order chi connectivity index (χ0) is 15.5. The summed E-state index contributed by atoms with van der Waals surface area (Å²) in [6.07, 6.45) is 7.00. The van der Waals surface area contributed by atoms with Crippen LogP contribution in [0.5, 0.6) is 0 Å². The molecule has 0 amide bonds. The summed E-state index contributed by atoms with van der Waals surface area (Å²) >= 11 is 0. The lowest BCUT2D eigenvalue weighted by molar-refractivity contribution is -0.212. The molecule has 4 saturated carbocycles. The second-order valence-corrected chi connectivity index (χ2v) is 9.36. The number of esters is 1. The summed E-state index contributed by atoms with van der Waals surface area (Å²) < 4.78 is 5.72. The lowest BCUT2D eigenvalue weighted by Crippen LogP contribution is -2.60. The predicted octanol–water partition coefficient (Wildman–Crippen LogP) is 3.69. The SMILES string of the molecule is CCC(C)(C)C(=O)OCC12CC3CC(C)(CC(O)(C3)C1)C2. The van der Waals surface area contributed by atoms with E-state index in [2.05, 4.69) is 6.92 Å². The van der Waals surface area contributed by atoms with E-state index >= 15 is 0 Å². The van der Waals surface area contributed by atoms with Crippen LogP contribution >= 0.6 is 0 Å². The molecule has 0 spiro atoms. The van der Waals surface area contributed by atoms with Gasteiger partial charge in [0.15, 0.2) is 0 Å². The standard InChI is InChI=1S/C18H30O3/c1-5-15(2,3)14(19)21-12-17-7-13-6-16(4,9-17)10-18(20,8-13)11-17/h13,20H,5-12H2,1-4H3. The van der Waals surface area contributed by atoms with Crippen molar-refractivity contribution in [1.29, 1.82) is 0 Å². The summed E-state index contributed by atoms with van der Waals surface area (Å²) in [7, 11) is 0. The van der Waals surface area contributed by atoms with E-state index < -0.39 is 11.0 Å². The highest BCUT2D eigenvalue weighted by molar-refractivity contribution is 5.75. The predicted molar refractivity (Wildman–Crippen MR) is 81.7 cm³/mol. The average Bonchev–Trinajstić information content (AvgIpc) is 2.31. The molecule has 0 aromatic carbocycles. The van der Waals surface area contributed by atoms with Gasteiger partial charge in [-0.25, -0.2) is 0 Å². The summed E-state index contributed by atoms with van der Waals surface area (Å²) in [5.41, 5.74) is -0.618. The molecular weight excluding hydrogens is 264 g/mol. The van der Waals surface area contributed by atoms with Gasteiger partial charge in [-0.1, -0.05) is 13.8 Å². The van der Waals surface area contributed by atoms with Crippen molar-refractivity contribution in [2.75, 3.05) is 6.61 Å². The van der Waals surface area contributed by atoms with Crippen LogP contribution in [-0.4, -0.2) is 23.3 Å². The van der Waals surface area contributed by atoms with E-state index in [1.165, 1.54) is 6.42 Å². The molecule has 4 rings (SSSR count). The van der Waals surface area contributed by atoms with Crippen molar-refractivity contribution >= 4 is 5.97 Å². The van der Waals surface area contributed by atoms with Crippen molar-refractivity contribution in [2.45, 2.75) is 78.2 Å². The normalized spacial score (nSPS) is 44.9. The van der Waals surface area contributed by atoms with Gasteiger partial charge in [-0.3, -0.25) is 4.79 Å². The fourth-order valence-corrected chi connectivity index (χ4v) is 5.80. The molecule has 4 bridgehead atoms. The summed E-state index contributed by atoms with van der Waals surface area (Å²) in [5, 5.41) is 10.9. The zero-order valence-corrected chi connectivity index (χ0v) is 14.0. The third-order valence-electron chi connectivity index (χ3n) is 6.38. The molecule has 0 aliphatic heterocycles. The topological polar surface area (TPSA) is 46.5 Å². The highest BCUT2D eigenvalue weighted by Gasteiger charge is 2.61. The third-order valence-corrected chi connectivity index (χ3v) is 6.38. The minimum atomic E-state index is -0.499. The minimum Gasteiger partial charge on any atom is -0.465 e. The van der Waals surface area contributed by atoms with Crippen molar-refractivity contribution < 1.29 is 14.6 Å². The van der Waals surface area contributed by atoms with Crippen LogP contribution in [0.1, 0.15) is 72.6 Å². The van der Waals surface area contributed by atoms with Gasteiger partial charge >= 0.3 is 5.97 Å². The van der Waals surface area contributed by atoms with Crippen LogP contribution in [0, 0.1) is 22.2 Å². The van der Waals surface area contributed by atoms with E-state index in [0.29, 0.717) is 12.5 Å². The van der Waals surface area contributed by atoms with Gasteiger partial charge in [0.25, 0.3) is 0 Å². The van der Waals surface area contributed by atoms with Gasteiger partial charge in [0.05, 0.1) is 17.6 Å². The molecule has 4 aliphatic rings. The number of hydrogen-bond acceptors (Lipinski definition) is 3. The number of hydrogen-bond donors (Lipinski definition) is 1. The Morgan fingerprint density at radius 2 is 1.95 bits per heavy atom. The summed E-state index contributed by atoms with van der Waals surface area (Å²) in [4.78, 5) is 12.3. The quantitative estimate of drug-likeness (QED) is 0.804. The Morgan fingerprint density at radius 3 is 2.52 bits per heavy atom. The van der Waals surface area contributed by atoms with E-state index in [0.717, 1.165) is 38.5 Å². The molecule has 21 heavy (non-hydrogen) atoms. The van der Waals surface area contributed by atoms with Crippen LogP contribution in [0.2, 0.25) is 0 Å². The molecule has 4 unspecified atom stereocenters. The van der Waals surface area contributed by atoms with Crippen LogP contribution < -0.4 is 0 Å². The maximum atomic E-state index is 12.3. The second-order valence-electron chi connectivity index (χ2n) is 9.36. The Kier molecular flexibility index (Phi) is 3.26. The molecule has 4 aliphatic carbocycles. The molecule has 0 aromatic heterocycles. The lowest BCUT2D eigenvalue weighted by Gasteiger charge is -2.64. The number of carbonyl (C=O) groups is 1. The van der Waals surface area contributed by atoms with Gasteiger partial charge in [-0.2, -0.15) is 0 Å². The van der Waals surface area contributed by atoms with Crippen LogP contribution in [0.3, 0.4) is 0 Å². The maximum absolute atomic E-state index is 12.3. The Bertz CT molecular complexity index is 435. The molecule has 0 radical (unpaired) electrons. The molecule has 0 aromatic rings. The smallest absolute Gasteiger partial charge is 0.311 e. The largest absolute Gasteiger partial charge is 0.465 e. The van der Waals surface area contributed by atoms with Crippen molar-refractivity contribution in [2.24, 2.45) is 22.2 Å². The Balaban J connectivity index is 1.72. The zero-order valence-electron chi connectivity index (χ0n) is 14.0. The fourth-order valence-electron chi connectivity index (χ4n) is 5.80. The highest BCUT2D eigenvalue weighted by Crippen LogP contribution is 2.66. The number of carbonyl (C=O) groups excluding carboxylic acids is 1. The van der Waals surface area contributed by atoms with Crippen molar-refractivity contribution in [3.05, 3.63) is 0 Å². The number of rotatable bonds is 4. The third kappa shape index (κ3) is 2.62. The first kappa shape index (κ1) is 15.3. The molecule has 1 N–H and O–H groups in total. The van der Waals surface area contributed by atoms with Crippen LogP contribution in [-0.2, 0) is 9.53 Å². The molecule has 4 fully saturated rings. The first-order valence-electron chi connectivity index (χ1n) is 8.49. The summed E-state index contributed by atoms with van der Waals surface area (Å²) in [5.74, 6) is 0.534. The minimum absolute atomic E-state index is 0.0302. The van der Waals surface area contributed by atoms with Gasteiger partial charge in [-0.05, 0) is 70.1 Å². The Labute approximate surface area is 128 Å². The Morgan fingerprint density at radius 1 is 1.24 bits per heavy atom. The fraction of sp³-hybridized carbons (Fsp3) is 0.944. The van der Waals surface area contributed by atoms with Crippen molar-refractivity contribution in [1.82, 2.24) is 0 Å². The average molecular weight is 294 g/mol. The maximum Gasteiger partial charge on any atom is 0.311 e. The number of aliphatic hydroxyl groups is 1. The lowest BCUT2D eigenvalue weighted by atomic mass is 9.43. The van der Waals surface area contributed by atoms with Crippen LogP contribution in [0.15, 0.2) is 0 Å². The van der Waals surface area contributed by atoms with Crippen LogP contribution in [0.25, 0.3) is 0 Å². The van der Waals surface area contributed by atoms with E-state index in [1.54, 1.807) is 0 Å². The van der Waals surface area contributed by atoms with Gasteiger partial charge in [0, 0.05) is 5.41 Å². The summed E-state index contributed by atoms with van der Waals surface area (Å²) in [6.45, 7) is 8.74. The molecule has 0 heterocycles. The number of ether oxygens (including phenoxy) is 1. The van der Waals surface area contributed by atoms with Crippen LogP contribution in [0.4, 0.5) is 0 Å².